The van der Waals surface area contributed by atoms with Gasteiger partial charge in [-0.3, -0.25) is 15.0 Å². The number of carbonyl (C=O) groups is 2. The normalized spacial score (nSPS) is 18.5. The van der Waals surface area contributed by atoms with Crippen LogP contribution in [0.25, 0.3) is 0 Å². The van der Waals surface area contributed by atoms with E-state index in [-0.39, 0.29) is 12.5 Å². The average molecular weight is 333 g/mol. The van der Waals surface area contributed by atoms with Crippen molar-refractivity contribution >= 4 is 11.9 Å². The van der Waals surface area contributed by atoms with Crippen LogP contribution in [-0.4, -0.2) is 36.0 Å². The molecule has 0 unspecified atom stereocenters. The minimum Gasteiger partial charge on any atom is -0.467 e. The number of urea groups is 1. The zero-order valence-electron chi connectivity index (χ0n) is 14.1. The molecule has 6 nitrogen and oxygen atoms in total. The Kier molecular flexibility index (Phi) is 5.91. The predicted molar refractivity (Wildman–Crippen MR) is 90.3 cm³/mol. The van der Waals surface area contributed by atoms with Crippen molar-refractivity contribution in [3.63, 3.8) is 0 Å². The van der Waals surface area contributed by atoms with Crippen LogP contribution in [0.15, 0.2) is 22.8 Å². The van der Waals surface area contributed by atoms with E-state index in [1.165, 1.54) is 44.9 Å². The second kappa shape index (κ2) is 8.33. The maximum Gasteiger partial charge on any atom is 0.321 e. The van der Waals surface area contributed by atoms with Gasteiger partial charge in [0.15, 0.2) is 0 Å². The van der Waals surface area contributed by atoms with E-state index in [4.69, 9.17) is 4.42 Å². The minimum absolute atomic E-state index is 0.227. The Morgan fingerprint density at radius 1 is 1.17 bits per heavy atom. The summed E-state index contributed by atoms with van der Waals surface area (Å²) in [6, 6.07) is 3.61. The second-order valence-electron chi connectivity index (χ2n) is 6.97. The molecule has 3 amide bonds. The molecule has 2 aliphatic rings. The highest BCUT2D eigenvalue weighted by Gasteiger charge is 2.32. The number of carbonyl (C=O) groups excluding carboxylic acids is 2. The summed E-state index contributed by atoms with van der Waals surface area (Å²) in [7, 11) is 0. The molecule has 2 fully saturated rings. The number of imide groups is 1. The molecule has 0 aliphatic heterocycles. The standard InChI is InChI=1S/C18H27N3O3/c22-17(20-18(23)19-11-16-7-4-10-24-16)13-21(15-8-9-15)12-14-5-2-1-3-6-14/h4,7,10,14-15H,1-3,5-6,8-9,11-13H2,(H2,19,20,22,23). The summed E-state index contributed by atoms with van der Waals surface area (Å²) < 4.78 is 5.14. The Labute approximate surface area is 143 Å². The predicted octanol–water partition coefficient (Wildman–Crippen LogP) is 2.65. The van der Waals surface area contributed by atoms with Gasteiger partial charge in [-0.15, -0.1) is 0 Å². The molecule has 24 heavy (non-hydrogen) atoms. The Morgan fingerprint density at radius 3 is 2.62 bits per heavy atom. The third-order valence-electron chi connectivity index (χ3n) is 4.88. The van der Waals surface area contributed by atoms with Gasteiger partial charge in [-0.05, 0) is 43.7 Å². The van der Waals surface area contributed by atoms with Crippen molar-refractivity contribution < 1.29 is 14.0 Å². The molecule has 0 saturated heterocycles. The number of rotatable bonds is 7. The van der Waals surface area contributed by atoms with E-state index < -0.39 is 6.03 Å². The fourth-order valence-electron chi connectivity index (χ4n) is 3.46. The zero-order chi connectivity index (χ0) is 16.8. The summed E-state index contributed by atoms with van der Waals surface area (Å²) in [5.41, 5.74) is 0. The van der Waals surface area contributed by atoms with Gasteiger partial charge >= 0.3 is 6.03 Å². The maximum atomic E-state index is 12.2. The molecule has 2 N–H and O–H groups in total. The molecule has 1 aromatic rings. The van der Waals surface area contributed by atoms with Crippen LogP contribution in [0.4, 0.5) is 4.79 Å². The zero-order valence-corrected chi connectivity index (χ0v) is 14.1. The molecule has 1 heterocycles. The van der Waals surface area contributed by atoms with Gasteiger partial charge in [0.1, 0.15) is 5.76 Å². The van der Waals surface area contributed by atoms with E-state index in [9.17, 15) is 9.59 Å². The number of furan rings is 1. The smallest absolute Gasteiger partial charge is 0.321 e. The Bertz CT molecular complexity index is 534. The van der Waals surface area contributed by atoms with Crippen molar-refractivity contribution in [2.24, 2.45) is 5.92 Å². The number of hydrogen-bond acceptors (Lipinski definition) is 4. The quantitative estimate of drug-likeness (QED) is 0.804. The monoisotopic (exact) mass is 333 g/mol. The number of amides is 3. The van der Waals surface area contributed by atoms with Gasteiger partial charge in [0, 0.05) is 12.6 Å². The van der Waals surface area contributed by atoms with Gasteiger partial charge in [-0.1, -0.05) is 19.3 Å². The molecule has 2 saturated carbocycles. The summed E-state index contributed by atoms with van der Waals surface area (Å²) in [5, 5.41) is 5.05. The Balaban J connectivity index is 1.40. The van der Waals surface area contributed by atoms with Gasteiger partial charge in [0.05, 0.1) is 19.4 Å². The van der Waals surface area contributed by atoms with Crippen LogP contribution in [0.3, 0.4) is 0 Å². The van der Waals surface area contributed by atoms with Crippen LogP contribution in [-0.2, 0) is 11.3 Å². The molecule has 0 atom stereocenters. The molecule has 0 spiro atoms. The van der Waals surface area contributed by atoms with E-state index in [0.717, 1.165) is 6.54 Å². The number of hydrogen-bond donors (Lipinski definition) is 2. The summed E-state index contributed by atoms with van der Waals surface area (Å²) in [6.45, 7) is 1.59. The summed E-state index contributed by atoms with van der Waals surface area (Å²) in [6.07, 6.45) is 10.4. The van der Waals surface area contributed by atoms with E-state index in [1.54, 1.807) is 18.4 Å². The molecule has 1 aromatic heterocycles. The fraction of sp³-hybridized carbons (Fsp3) is 0.667. The lowest BCUT2D eigenvalue weighted by Gasteiger charge is -2.29. The van der Waals surface area contributed by atoms with E-state index >= 15 is 0 Å². The minimum atomic E-state index is -0.468. The first-order chi connectivity index (χ1) is 11.7. The first-order valence-electron chi connectivity index (χ1n) is 9.05. The Hall–Kier alpha value is -1.82. The van der Waals surface area contributed by atoms with Crippen LogP contribution in [0, 0.1) is 5.92 Å². The summed E-state index contributed by atoms with van der Waals surface area (Å²) >= 11 is 0. The molecule has 2 aliphatic carbocycles. The molecule has 0 bridgehead atoms. The third kappa shape index (κ3) is 5.37. The van der Waals surface area contributed by atoms with Gasteiger partial charge < -0.3 is 9.73 Å². The first kappa shape index (κ1) is 17.0. The average Bonchev–Trinajstić information content (AvgIpc) is 3.29. The molecule has 0 aromatic carbocycles. The lowest BCUT2D eigenvalue weighted by atomic mass is 9.89. The largest absolute Gasteiger partial charge is 0.467 e. The highest BCUT2D eigenvalue weighted by Crippen LogP contribution is 2.31. The number of nitrogens with one attached hydrogen (secondary N) is 2. The topological polar surface area (TPSA) is 74.6 Å². The molecular formula is C18H27N3O3. The third-order valence-corrected chi connectivity index (χ3v) is 4.88. The van der Waals surface area contributed by atoms with Gasteiger partial charge in [0.25, 0.3) is 0 Å². The van der Waals surface area contributed by atoms with Gasteiger partial charge in [-0.25, -0.2) is 4.79 Å². The molecule has 0 radical (unpaired) electrons. The molecule has 3 rings (SSSR count). The van der Waals surface area contributed by atoms with Crippen LogP contribution >= 0.6 is 0 Å². The number of nitrogens with zero attached hydrogens (tertiary/aromatic N) is 1. The van der Waals surface area contributed by atoms with E-state index in [0.29, 0.717) is 24.3 Å². The van der Waals surface area contributed by atoms with Gasteiger partial charge in [-0.2, -0.15) is 0 Å². The highest BCUT2D eigenvalue weighted by molar-refractivity contribution is 5.95. The molecule has 132 valence electrons. The van der Waals surface area contributed by atoms with Gasteiger partial charge in [0.2, 0.25) is 5.91 Å². The second-order valence-corrected chi connectivity index (χ2v) is 6.97. The van der Waals surface area contributed by atoms with Crippen LogP contribution in [0.5, 0.6) is 0 Å². The SMILES string of the molecule is O=C(CN(CC1CCCCC1)C1CC1)NC(=O)NCc1ccco1. The molecule has 6 heteroatoms. The van der Waals surface area contributed by atoms with Crippen molar-refractivity contribution in [3.8, 4) is 0 Å². The van der Waals surface area contributed by atoms with Crippen molar-refractivity contribution in [2.45, 2.75) is 57.5 Å². The lowest BCUT2D eigenvalue weighted by molar-refractivity contribution is -0.121. The van der Waals surface area contributed by atoms with Crippen molar-refractivity contribution in [2.75, 3.05) is 13.1 Å². The maximum absolute atomic E-state index is 12.2. The molecular weight excluding hydrogens is 306 g/mol. The van der Waals surface area contributed by atoms with Crippen molar-refractivity contribution in [3.05, 3.63) is 24.2 Å². The van der Waals surface area contributed by atoms with Crippen LogP contribution in [0.1, 0.15) is 50.7 Å². The van der Waals surface area contributed by atoms with Crippen molar-refractivity contribution in [1.82, 2.24) is 15.5 Å². The van der Waals surface area contributed by atoms with Crippen LogP contribution < -0.4 is 10.6 Å². The first-order valence-corrected chi connectivity index (χ1v) is 9.05. The van der Waals surface area contributed by atoms with Crippen molar-refractivity contribution in [1.29, 1.82) is 0 Å². The summed E-state index contributed by atoms with van der Waals surface area (Å²) in [5.74, 6) is 1.14. The van der Waals surface area contributed by atoms with E-state index in [1.807, 2.05) is 0 Å². The fourth-order valence-corrected chi connectivity index (χ4v) is 3.46. The Morgan fingerprint density at radius 2 is 1.96 bits per heavy atom. The summed E-state index contributed by atoms with van der Waals surface area (Å²) in [4.78, 5) is 26.2. The van der Waals surface area contributed by atoms with E-state index in [2.05, 4.69) is 15.5 Å². The van der Waals surface area contributed by atoms with Crippen LogP contribution in [0.2, 0.25) is 0 Å². The lowest BCUT2D eigenvalue weighted by Crippen LogP contribution is -2.46. The highest BCUT2D eigenvalue weighted by atomic mass is 16.3.